The Kier molecular flexibility index (Phi) is 6.83. The molecule has 0 saturated heterocycles. The molecule has 0 saturated carbocycles. The second-order valence-corrected chi connectivity index (χ2v) is 7.77. The normalized spacial score (nSPS) is 11.9. The molecule has 2 nitrogen and oxygen atoms in total. The predicted octanol–water partition coefficient (Wildman–Crippen LogP) is 8.27. The van der Waals surface area contributed by atoms with Crippen LogP contribution >= 0.6 is 23.2 Å². The van der Waals surface area contributed by atoms with Crippen molar-refractivity contribution in [1.29, 1.82) is 0 Å². The maximum atomic E-state index is 6.06. The lowest BCUT2D eigenvalue weighted by atomic mass is 10.1. The highest BCUT2D eigenvalue weighted by molar-refractivity contribution is 6.31. The first-order chi connectivity index (χ1) is 15.2. The van der Waals surface area contributed by atoms with E-state index in [1.807, 2.05) is 84.9 Å². The molecule has 152 valence electrons. The topological polar surface area (TPSA) is 24.4 Å². The van der Waals surface area contributed by atoms with E-state index in [2.05, 4.69) is 35.7 Å². The fraction of sp³-hybridized carbons (Fsp3) is 0. The quantitative estimate of drug-likeness (QED) is 0.298. The molecule has 0 radical (unpaired) electrons. The zero-order valence-electron chi connectivity index (χ0n) is 16.7. The van der Waals surface area contributed by atoms with E-state index in [0.717, 1.165) is 33.9 Å². The molecule has 0 aliphatic heterocycles. The zero-order chi connectivity index (χ0) is 21.5. The third-order valence-corrected chi connectivity index (χ3v) is 5.14. The number of nitrogens with one attached hydrogen (secondary N) is 1. The molecule has 0 unspecified atom stereocenters. The Morgan fingerprint density at radius 3 is 1.71 bits per heavy atom. The average molecular weight is 443 g/mol. The number of halogens is 2. The number of hydrogen-bond acceptors (Lipinski definition) is 2. The first kappa shape index (κ1) is 20.9. The van der Waals surface area contributed by atoms with E-state index < -0.39 is 0 Å². The Labute approximate surface area is 192 Å². The summed E-state index contributed by atoms with van der Waals surface area (Å²) in [5.74, 6) is 0. The third kappa shape index (κ3) is 5.85. The Morgan fingerprint density at radius 1 is 0.613 bits per heavy atom. The standard InChI is InChI=1S/C27H20Cl2N2/c28-22-11-15-24(16-12-22)30-26(20-7-3-1-4-8-20)19-27(21-9-5-2-6-10-21)31-25-17-13-23(29)14-18-25/h1-19,30H/b26-19+,31-27?. The van der Waals surface area contributed by atoms with E-state index >= 15 is 0 Å². The molecule has 0 spiro atoms. The highest BCUT2D eigenvalue weighted by Crippen LogP contribution is 2.23. The molecule has 4 aromatic rings. The monoisotopic (exact) mass is 442 g/mol. The lowest BCUT2D eigenvalue weighted by Gasteiger charge is -2.13. The SMILES string of the molecule is Clc1ccc(N=C(/C=C(/Nc2ccc(Cl)cc2)c2ccccc2)c2ccccc2)cc1. The van der Waals surface area contributed by atoms with Gasteiger partial charge in [-0.15, -0.1) is 0 Å². The summed E-state index contributed by atoms with van der Waals surface area (Å²) in [6, 6.07) is 35.5. The van der Waals surface area contributed by atoms with E-state index in [9.17, 15) is 0 Å². The van der Waals surface area contributed by atoms with Crippen LogP contribution in [-0.2, 0) is 0 Å². The minimum atomic E-state index is 0.685. The molecule has 31 heavy (non-hydrogen) atoms. The maximum Gasteiger partial charge on any atom is 0.0730 e. The molecule has 0 amide bonds. The number of allylic oxidation sites excluding steroid dienone is 1. The number of hydrogen-bond donors (Lipinski definition) is 1. The van der Waals surface area contributed by atoms with Gasteiger partial charge in [-0.3, -0.25) is 0 Å². The Balaban J connectivity index is 1.81. The summed E-state index contributed by atoms with van der Waals surface area (Å²) < 4.78 is 0. The van der Waals surface area contributed by atoms with Crippen LogP contribution < -0.4 is 5.32 Å². The van der Waals surface area contributed by atoms with E-state index in [1.54, 1.807) is 0 Å². The van der Waals surface area contributed by atoms with Crippen molar-refractivity contribution < 1.29 is 0 Å². The molecule has 0 heterocycles. The van der Waals surface area contributed by atoms with Crippen LogP contribution in [0.4, 0.5) is 11.4 Å². The largest absolute Gasteiger partial charge is 0.355 e. The number of benzene rings is 4. The molecular formula is C27H20Cl2N2. The Morgan fingerprint density at radius 2 is 1.13 bits per heavy atom. The molecule has 0 fully saturated rings. The van der Waals surface area contributed by atoms with Crippen molar-refractivity contribution in [2.24, 2.45) is 4.99 Å². The fourth-order valence-electron chi connectivity index (χ4n) is 3.08. The van der Waals surface area contributed by atoms with E-state index in [-0.39, 0.29) is 0 Å². The second kappa shape index (κ2) is 10.1. The van der Waals surface area contributed by atoms with Crippen molar-refractivity contribution in [1.82, 2.24) is 0 Å². The van der Waals surface area contributed by atoms with Gasteiger partial charge in [0.25, 0.3) is 0 Å². The van der Waals surface area contributed by atoms with Crippen LogP contribution in [0.2, 0.25) is 10.0 Å². The number of rotatable bonds is 6. The summed E-state index contributed by atoms with van der Waals surface area (Å²) in [6.45, 7) is 0. The van der Waals surface area contributed by atoms with Gasteiger partial charge in [-0.25, -0.2) is 4.99 Å². The van der Waals surface area contributed by atoms with E-state index in [1.165, 1.54) is 0 Å². The summed E-state index contributed by atoms with van der Waals surface area (Å²) in [7, 11) is 0. The van der Waals surface area contributed by atoms with Crippen molar-refractivity contribution in [2.45, 2.75) is 0 Å². The van der Waals surface area contributed by atoms with Gasteiger partial charge in [0.05, 0.1) is 11.4 Å². The van der Waals surface area contributed by atoms with Gasteiger partial charge in [0.2, 0.25) is 0 Å². The van der Waals surface area contributed by atoms with Gasteiger partial charge in [-0.1, -0.05) is 83.9 Å². The molecule has 4 rings (SSSR count). The van der Waals surface area contributed by atoms with Gasteiger partial charge in [0, 0.05) is 27.0 Å². The lowest BCUT2D eigenvalue weighted by molar-refractivity contribution is 1.49. The van der Waals surface area contributed by atoms with Crippen molar-refractivity contribution >= 4 is 46.0 Å². The summed E-state index contributed by atoms with van der Waals surface area (Å²) in [5, 5.41) is 4.90. The highest BCUT2D eigenvalue weighted by Gasteiger charge is 2.08. The van der Waals surface area contributed by atoms with Crippen molar-refractivity contribution in [3.63, 3.8) is 0 Å². The van der Waals surface area contributed by atoms with Gasteiger partial charge in [0.1, 0.15) is 0 Å². The molecule has 1 N–H and O–H groups in total. The third-order valence-electron chi connectivity index (χ3n) is 4.63. The van der Waals surface area contributed by atoms with Crippen LogP contribution in [0.1, 0.15) is 11.1 Å². The molecular weight excluding hydrogens is 423 g/mol. The fourth-order valence-corrected chi connectivity index (χ4v) is 3.33. The number of nitrogens with zero attached hydrogens (tertiary/aromatic N) is 1. The van der Waals surface area contributed by atoms with Crippen molar-refractivity contribution in [3.05, 3.63) is 136 Å². The minimum absolute atomic E-state index is 0.685. The summed E-state index contributed by atoms with van der Waals surface area (Å²) in [6.07, 6.45) is 2.06. The van der Waals surface area contributed by atoms with E-state index in [4.69, 9.17) is 28.2 Å². The molecule has 0 aliphatic rings. The number of anilines is 1. The van der Waals surface area contributed by atoms with Crippen LogP contribution in [0.15, 0.2) is 120 Å². The molecule has 0 bridgehead atoms. The minimum Gasteiger partial charge on any atom is -0.355 e. The summed E-state index contributed by atoms with van der Waals surface area (Å²) in [5.41, 5.74) is 5.61. The van der Waals surface area contributed by atoms with Gasteiger partial charge in [0.15, 0.2) is 0 Å². The van der Waals surface area contributed by atoms with Crippen molar-refractivity contribution in [3.8, 4) is 0 Å². The van der Waals surface area contributed by atoms with Crippen LogP contribution in [0.5, 0.6) is 0 Å². The van der Waals surface area contributed by atoms with Gasteiger partial charge in [-0.05, 0) is 60.2 Å². The molecule has 0 aliphatic carbocycles. The first-order valence-electron chi connectivity index (χ1n) is 9.87. The maximum absolute atomic E-state index is 6.06. The first-order valence-corrected chi connectivity index (χ1v) is 10.6. The smallest absolute Gasteiger partial charge is 0.0730 e. The van der Waals surface area contributed by atoms with Gasteiger partial charge >= 0.3 is 0 Å². The second-order valence-electron chi connectivity index (χ2n) is 6.90. The highest BCUT2D eigenvalue weighted by atomic mass is 35.5. The van der Waals surface area contributed by atoms with Gasteiger partial charge < -0.3 is 5.32 Å². The van der Waals surface area contributed by atoms with Crippen LogP contribution in [0, 0.1) is 0 Å². The molecule has 0 atom stereocenters. The van der Waals surface area contributed by atoms with Crippen molar-refractivity contribution in [2.75, 3.05) is 5.32 Å². The van der Waals surface area contributed by atoms with Crippen LogP contribution in [-0.4, -0.2) is 5.71 Å². The van der Waals surface area contributed by atoms with E-state index in [0.29, 0.717) is 10.0 Å². The zero-order valence-corrected chi connectivity index (χ0v) is 18.2. The predicted molar refractivity (Wildman–Crippen MR) is 134 cm³/mol. The number of aliphatic imine (C=N–C) groups is 1. The lowest BCUT2D eigenvalue weighted by Crippen LogP contribution is -2.04. The van der Waals surface area contributed by atoms with Crippen LogP contribution in [0.3, 0.4) is 0 Å². The molecule has 4 heteroatoms. The van der Waals surface area contributed by atoms with Crippen LogP contribution in [0.25, 0.3) is 5.70 Å². The Hall–Kier alpha value is -3.33. The summed E-state index contributed by atoms with van der Waals surface area (Å²) >= 11 is 12.1. The summed E-state index contributed by atoms with van der Waals surface area (Å²) in [4.78, 5) is 4.91. The average Bonchev–Trinajstić information content (AvgIpc) is 2.82. The van der Waals surface area contributed by atoms with Gasteiger partial charge in [-0.2, -0.15) is 0 Å². The Bertz CT molecular complexity index is 1180. The molecule has 0 aromatic heterocycles. The molecule has 4 aromatic carbocycles.